The van der Waals surface area contributed by atoms with E-state index in [2.05, 4.69) is 5.32 Å². The minimum atomic E-state index is -3.57. The fourth-order valence-corrected chi connectivity index (χ4v) is 6.02. The van der Waals surface area contributed by atoms with Gasteiger partial charge in [-0.2, -0.15) is 0 Å². The molecular weight excluding hydrogens is 510 g/mol. The molecule has 37 heavy (non-hydrogen) atoms. The average molecular weight is 548 g/mol. The van der Waals surface area contributed by atoms with Gasteiger partial charge < -0.3 is 10.2 Å². The van der Waals surface area contributed by atoms with E-state index >= 15 is 0 Å². The molecule has 7 nitrogen and oxygen atoms in total. The highest BCUT2D eigenvalue weighted by atomic mass is 35.5. The lowest BCUT2D eigenvalue weighted by Gasteiger charge is -2.33. The molecule has 2 aromatic carbocycles. The molecule has 0 unspecified atom stereocenters. The Morgan fingerprint density at radius 1 is 1.05 bits per heavy atom. The van der Waals surface area contributed by atoms with Crippen LogP contribution < -0.4 is 9.62 Å². The number of rotatable bonds is 12. The number of hydrogen-bond donors (Lipinski definition) is 1. The third-order valence-electron chi connectivity index (χ3n) is 6.78. The van der Waals surface area contributed by atoms with Crippen LogP contribution in [0.3, 0.4) is 0 Å². The molecule has 0 aromatic heterocycles. The third kappa shape index (κ3) is 8.75. The molecule has 0 spiro atoms. The van der Waals surface area contributed by atoms with Crippen molar-refractivity contribution in [2.75, 3.05) is 17.1 Å². The number of hydrogen-bond acceptors (Lipinski definition) is 4. The van der Waals surface area contributed by atoms with Crippen molar-refractivity contribution in [1.82, 2.24) is 10.2 Å². The number of nitrogens with one attached hydrogen (secondary N) is 1. The maximum absolute atomic E-state index is 13.5. The number of halogens is 1. The topological polar surface area (TPSA) is 86.8 Å². The van der Waals surface area contributed by atoms with Crippen LogP contribution in [0, 0.1) is 0 Å². The number of carbonyl (C=O) groups is 2. The molecule has 1 aliphatic rings. The zero-order valence-corrected chi connectivity index (χ0v) is 23.3. The van der Waals surface area contributed by atoms with Crippen molar-refractivity contribution >= 4 is 39.1 Å². The first-order valence-corrected chi connectivity index (χ1v) is 15.3. The van der Waals surface area contributed by atoms with Gasteiger partial charge in [-0.3, -0.25) is 13.9 Å². The summed E-state index contributed by atoms with van der Waals surface area (Å²) in [5, 5.41) is 3.62. The first-order valence-electron chi connectivity index (χ1n) is 13.1. The van der Waals surface area contributed by atoms with Crippen molar-refractivity contribution in [1.29, 1.82) is 0 Å². The monoisotopic (exact) mass is 547 g/mol. The minimum absolute atomic E-state index is 0.115. The lowest BCUT2D eigenvalue weighted by Crippen LogP contribution is -2.51. The summed E-state index contributed by atoms with van der Waals surface area (Å²) >= 11 is 6.07. The summed E-state index contributed by atoms with van der Waals surface area (Å²) in [6.45, 7) is 2.37. The average Bonchev–Trinajstić information content (AvgIpc) is 2.87. The summed E-state index contributed by atoms with van der Waals surface area (Å²) in [6, 6.07) is 15.8. The molecule has 0 heterocycles. The number of sulfonamides is 1. The highest BCUT2D eigenvalue weighted by Gasteiger charge is 2.30. The minimum Gasteiger partial charge on any atom is -0.352 e. The van der Waals surface area contributed by atoms with E-state index in [0.29, 0.717) is 30.1 Å². The number of amides is 2. The van der Waals surface area contributed by atoms with Gasteiger partial charge in [-0.05, 0) is 49.4 Å². The Morgan fingerprint density at radius 3 is 2.38 bits per heavy atom. The van der Waals surface area contributed by atoms with Crippen molar-refractivity contribution < 1.29 is 18.0 Å². The molecule has 1 atom stereocenters. The summed E-state index contributed by atoms with van der Waals surface area (Å²) in [5.41, 5.74) is 1.40. The smallest absolute Gasteiger partial charge is 0.243 e. The van der Waals surface area contributed by atoms with E-state index in [-0.39, 0.29) is 30.8 Å². The van der Waals surface area contributed by atoms with Gasteiger partial charge in [0.05, 0.1) is 11.9 Å². The van der Waals surface area contributed by atoms with Crippen LogP contribution in [-0.4, -0.2) is 50.0 Å². The molecule has 0 radical (unpaired) electrons. The van der Waals surface area contributed by atoms with Crippen molar-refractivity contribution in [3.8, 4) is 0 Å². The number of anilines is 1. The van der Waals surface area contributed by atoms with Gasteiger partial charge in [-0.15, -0.1) is 0 Å². The van der Waals surface area contributed by atoms with Crippen LogP contribution in [0.1, 0.15) is 63.9 Å². The fraction of sp³-hybridized carbons (Fsp3) is 0.500. The van der Waals surface area contributed by atoms with Gasteiger partial charge >= 0.3 is 0 Å². The van der Waals surface area contributed by atoms with Crippen LogP contribution in [0.2, 0.25) is 5.02 Å². The Hall–Kier alpha value is -2.58. The van der Waals surface area contributed by atoms with Gasteiger partial charge in [0.2, 0.25) is 21.8 Å². The van der Waals surface area contributed by atoms with Crippen LogP contribution in [0.15, 0.2) is 54.6 Å². The molecule has 0 bridgehead atoms. The van der Waals surface area contributed by atoms with E-state index in [0.717, 1.165) is 37.5 Å². The Morgan fingerprint density at radius 2 is 1.76 bits per heavy atom. The highest BCUT2D eigenvalue weighted by Crippen LogP contribution is 2.23. The zero-order valence-electron chi connectivity index (χ0n) is 21.7. The van der Waals surface area contributed by atoms with Crippen LogP contribution in [0.25, 0.3) is 0 Å². The van der Waals surface area contributed by atoms with Crippen LogP contribution in [-0.2, 0) is 26.2 Å². The van der Waals surface area contributed by atoms with Gasteiger partial charge in [0.25, 0.3) is 0 Å². The summed E-state index contributed by atoms with van der Waals surface area (Å²) in [6.07, 6.45) is 7.42. The molecule has 1 N–H and O–H groups in total. The SMILES string of the molecule is CC[C@@H](C(=O)NC1CCCCC1)N(Cc1ccccc1)C(=O)CCCN(c1cccc(Cl)c1)S(C)(=O)=O. The van der Waals surface area contributed by atoms with E-state index in [9.17, 15) is 18.0 Å². The van der Waals surface area contributed by atoms with Crippen molar-refractivity contribution in [2.45, 2.75) is 76.9 Å². The van der Waals surface area contributed by atoms with Crippen molar-refractivity contribution in [3.63, 3.8) is 0 Å². The Labute approximate surface area is 226 Å². The predicted octanol–water partition coefficient (Wildman–Crippen LogP) is 5.14. The standard InChI is InChI=1S/C28H38ClN3O4S/c1-3-26(28(34)30-24-15-8-5-9-16-24)31(21-22-12-6-4-7-13-22)27(33)18-11-19-32(37(2,35)36)25-17-10-14-23(29)20-25/h4,6-7,10,12-14,17,20,24,26H,3,5,8-9,11,15-16,18-19,21H2,1-2H3,(H,30,34)/t26-/m0/s1. The molecule has 2 amide bonds. The number of nitrogens with zero attached hydrogens (tertiary/aromatic N) is 2. The maximum atomic E-state index is 13.5. The molecule has 1 fully saturated rings. The predicted molar refractivity (Wildman–Crippen MR) is 149 cm³/mol. The van der Waals surface area contributed by atoms with Crippen LogP contribution in [0.5, 0.6) is 0 Å². The van der Waals surface area contributed by atoms with Gasteiger partial charge in [0.1, 0.15) is 6.04 Å². The molecule has 3 rings (SSSR count). The molecule has 9 heteroatoms. The van der Waals surface area contributed by atoms with Gasteiger partial charge in [0, 0.05) is 30.6 Å². The molecule has 1 saturated carbocycles. The van der Waals surface area contributed by atoms with Gasteiger partial charge in [-0.25, -0.2) is 8.42 Å². The quantitative estimate of drug-likeness (QED) is 0.398. The molecule has 0 aliphatic heterocycles. The largest absolute Gasteiger partial charge is 0.352 e. The van der Waals surface area contributed by atoms with E-state index in [1.54, 1.807) is 29.2 Å². The Balaban J connectivity index is 1.73. The van der Waals surface area contributed by atoms with E-state index in [1.165, 1.54) is 10.7 Å². The zero-order chi connectivity index (χ0) is 26.8. The third-order valence-corrected chi connectivity index (χ3v) is 8.21. The Bertz CT molecular complexity index is 1140. The van der Waals surface area contributed by atoms with Gasteiger partial charge in [-0.1, -0.05) is 74.2 Å². The summed E-state index contributed by atoms with van der Waals surface area (Å²) in [5.74, 6) is -0.288. The summed E-state index contributed by atoms with van der Waals surface area (Å²) < 4.78 is 26.2. The number of benzene rings is 2. The summed E-state index contributed by atoms with van der Waals surface area (Å²) in [7, 11) is -3.57. The molecule has 1 aliphatic carbocycles. The second-order valence-corrected chi connectivity index (χ2v) is 12.0. The fourth-order valence-electron chi connectivity index (χ4n) is 4.88. The maximum Gasteiger partial charge on any atom is 0.243 e. The summed E-state index contributed by atoms with van der Waals surface area (Å²) in [4.78, 5) is 28.5. The van der Waals surface area contributed by atoms with Gasteiger partial charge in [0.15, 0.2) is 0 Å². The van der Waals surface area contributed by atoms with E-state index in [4.69, 9.17) is 11.6 Å². The lowest BCUT2D eigenvalue weighted by molar-refractivity contribution is -0.141. The highest BCUT2D eigenvalue weighted by molar-refractivity contribution is 7.92. The number of carbonyl (C=O) groups excluding carboxylic acids is 2. The normalized spacial score (nSPS) is 15.1. The first kappa shape index (κ1) is 29.0. The van der Waals surface area contributed by atoms with E-state index < -0.39 is 16.1 Å². The first-order chi connectivity index (χ1) is 17.7. The Kier molecular flexibility index (Phi) is 10.8. The second kappa shape index (κ2) is 13.8. The second-order valence-electron chi connectivity index (χ2n) is 9.69. The van der Waals surface area contributed by atoms with E-state index in [1.807, 2.05) is 37.3 Å². The van der Waals surface area contributed by atoms with Crippen molar-refractivity contribution in [3.05, 3.63) is 65.2 Å². The molecular formula is C28H38ClN3O4S. The van der Waals surface area contributed by atoms with Crippen LogP contribution in [0.4, 0.5) is 5.69 Å². The van der Waals surface area contributed by atoms with Crippen LogP contribution >= 0.6 is 11.6 Å². The molecule has 202 valence electrons. The van der Waals surface area contributed by atoms with Crippen molar-refractivity contribution in [2.24, 2.45) is 0 Å². The lowest BCUT2D eigenvalue weighted by atomic mass is 9.95. The molecule has 0 saturated heterocycles. The molecule has 2 aromatic rings.